The third-order valence-corrected chi connectivity index (χ3v) is 4.66. The van der Waals surface area contributed by atoms with Crippen LogP contribution in [0.5, 0.6) is 11.5 Å². The van der Waals surface area contributed by atoms with Gasteiger partial charge in [0.2, 0.25) is 0 Å². The van der Waals surface area contributed by atoms with Crippen LogP contribution in [0.4, 0.5) is 0 Å². The van der Waals surface area contributed by atoms with Crippen LogP contribution in [0.15, 0.2) is 24.3 Å². The first-order valence-electron chi connectivity index (χ1n) is 4.86. The van der Waals surface area contributed by atoms with E-state index in [4.69, 9.17) is 74.3 Å². The predicted octanol–water partition coefficient (Wildman–Crippen LogP) is 7.40. The van der Waals surface area contributed by atoms with Crippen molar-refractivity contribution in [1.82, 2.24) is 0 Å². The number of ether oxygens (including phenoxy) is 1. The highest BCUT2D eigenvalue weighted by molar-refractivity contribution is 6.52. The van der Waals surface area contributed by atoms with Gasteiger partial charge in [-0.25, -0.2) is 0 Å². The van der Waals surface area contributed by atoms with Crippen molar-refractivity contribution in [3.8, 4) is 11.5 Å². The molecule has 1 nitrogen and oxygen atoms in total. The third kappa shape index (κ3) is 3.36. The minimum absolute atomic E-state index is 0.130. The van der Waals surface area contributed by atoms with E-state index >= 15 is 0 Å². The number of halogens is 6. The summed E-state index contributed by atoms with van der Waals surface area (Å²) in [6.07, 6.45) is 0. The third-order valence-electron chi connectivity index (χ3n) is 2.19. The molecule has 0 N–H and O–H groups in total. The Labute approximate surface area is 139 Å². The van der Waals surface area contributed by atoms with Crippen molar-refractivity contribution in [2.75, 3.05) is 0 Å². The molecule has 2 aromatic carbocycles. The van der Waals surface area contributed by atoms with Crippen LogP contribution in [0.25, 0.3) is 0 Å². The summed E-state index contributed by atoms with van der Waals surface area (Å²) in [5.74, 6) is 0.727. The monoisotopic (exact) mass is 374 g/mol. The molecule has 7 heteroatoms. The van der Waals surface area contributed by atoms with Crippen molar-refractivity contribution in [1.29, 1.82) is 0 Å². The van der Waals surface area contributed by atoms with Crippen LogP contribution in [0.1, 0.15) is 0 Å². The van der Waals surface area contributed by atoms with Crippen LogP contribution in [-0.4, -0.2) is 0 Å². The maximum Gasteiger partial charge on any atom is 0.149 e. The molecule has 0 aliphatic carbocycles. The summed E-state index contributed by atoms with van der Waals surface area (Å²) < 4.78 is 5.56. The fraction of sp³-hybridized carbons (Fsp3) is 0. The Morgan fingerprint density at radius 3 is 1.95 bits per heavy atom. The lowest BCUT2D eigenvalue weighted by atomic mass is 10.3. The van der Waals surface area contributed by atoms with Crippen LogP contribution in [0.3, 0.4) is 0 Å². The molecule has 0 radical (unpaired) electrons. The number of hydrogen-bond donors (Lipinski definition) is 0. The van der Waals surface area contributed by atoms with E-state index in [0.29, 0.717) is 15.8 Å². The number of rotatable bonds is 2. The van der Waals surface area contributed by atoms with Gasteiger partial charge in [0.05, 0.1) is 25.1 Å². The van der Waals surface area contributed by atoms with E-state index < -0.39 is 0 Å². The molecule has 0 amide bonds. The molecule has 0 saturated heterocycles. The normalized spacial score (nSPS) is 10.6. The van der Waals surface area contributed by atoms with Crippen LogP contribution in [0, 0.1) is 0 Å². The zero-order valence-corrected chi connectivity index (χ0v) is 13.5. The number of hydrogen-bond acceptors (Lipinski definition) is 1. The van der Waals surface area contributed by atoms with E-state index in [-0.39, 0.29) is 25.8 Å². The zero-order valence-electron chi connectivity index (χ0n) is 8.99. The minimum atomic E-state index is 0.130. The Kier molecular flexibility index (Phi) is 4.99. The topological polar surface area (TPSA) is 9.23 Å². The van der Waals surface area contributed by atoms with Gasteiger partial charge in [-0.1, -0.05) is 69.6 Å². The van der Waals surface area contributed by atoms with Crippen molar-refractivity contribution < 1.29 is 4.74 Å². The van der Waals surface area contributed by atoms with Crippen LogP contribution in [0.2, 0.25) is 30.1 Å². The summed E-state index contributed by atoms with van der Waals surface area (Å²) in [7, 11) is 0. The average Bonchev–Trinajstić information content (AvgIpc) is 2.38. The Morgan fingerprint density at radius 1 is 0.632 bits per heavy atom. The second-order valence-corrected chi connectivity index (χ2v) is 5.83. The SMILES string of the molecule is Clc1ccc(Oc2cc(Cl)c(Cl)c(Cl)c2Cl)cc1Cl. The van der Waals surface area contributed by atoms with Gasteiger partial charge in [0.25, 0.3) is 0 Å². The molecule has 2 rings (SSSR count). The molecule has 2 aromatic rings. The van der Waals surface area contributed by atoms with E-state index in [1.54, 1.807) is 18.2 Å². The Balaban J connectivity index is 2.41. The fourth-order valence-electron chi connectivity index (χ4n) is 1.29. The second kappa shape index (κ2) is 6.17. The molecule has 0 spiro atoms. The molecule has 0 bridgehead atoms. The second-order valence-electron chi connectivity index (χ2n) is 3.48. The first-order valence-corrected chi connectivity index (χ1v) is 7.13. The van der Waals surface area contributed by atoms with E-state index in [1.807, 2.05) is 0 Å². The van der Waals surface area contributed by atoms with Gasteiger partial charge < -0.3 is 4.74 Å². The van der Waals surface area contributed by atoms with Gasteiger partial charge >= 0.3 is 0 Å². The lowest BCUT2D eigenvalue weighted by Crippen LogP contribution is -1.87. The predicted molar refractivity (Wildman–Crippen MR) is 83.0 cm³/mol. The van der Waals surface area contributed by atoms with E-state index in [2.05, 4.69) is 0 Å². The first-order chi connectivity index (χ1) is 8.90. The van der Waals surface area contributed by atoms with Gasteiger partial charge in [-0.2, -0.15) is 0 Å². The molecular weight excluding hydrogens is 373 g/mol. The summed E-state index contributed by atoms with van der Waals surface area (Å²) in [6.45, 7) is 0. The minimum Gasteiger partial charge on any atom is -0.456 e. The van der Waals surface area contributed by atoms with Gasteiger partial charge in [-0.3, -0.25) is 0 Å². The zero-order chi connectivity index (χ0) is 14.2. The standard InChI is InChI=1S/C12H4Cl6O/c13-6-2-1-5(3-7(6)14)19-9-4-8(15)10(16)12(18)11(9)17/h1-4H. The van der Waals surface area contributed by atoms with E-state index in [1.165, 1.54) is 6.07 Å². The Hall–Kier alpha value is -0.0200. The number of benzene rings is 2. The smallest absolute Gasteiger partial charge is 0.149 e. The highest BCUT2D eigenvalue weighted by atomic mass is 35.5. The van der Waals surface area contributed by atoms with Crippen molar-refractivity contribution in [3.05, 3.63) is 54.4 Å². The van der Waals surface area contributed by atoms with E-state index in [9.17, 15) is 0 Å². The molecular formula is C12H4Cl6O. The quantitative estimate of drug-likeness (QED) is 0.392. The molecule has 0 aliphatic rings. The highest BCUT2D eigenvalue weighted by Gasteiger charge is 2.15. The average molecular weight is 377 g/mol. The van der Waals surface area contributed by atoms with Crippen molar-refractivity contribution in [3.63, 3.8) is 0 Å². The molecule has 19 heavy (non-hydrogen) atoms. The fourth-order valence-corrected chi connectivity index (χ4v) is 2.40. The molecule has 0 saturated carbocycles. The molecule has 0 atom stereocenters. The maximum absolute atomic E-state index is 6.03. The lowest BCUT2D eigenvalue weighted by molar-refractivity contribution is 0.483. The van der Waals surface area contributed by atoms with Gasteiger partial charge in [0.1, 0.15) is 16.5 Å². The van der Waals surface area contributed by atoms with Crippen molar-refractivity contribution in [2.45, 2.75) is 0 Å². The summed E-state index contributed by atoms with van der Waals surface area (Å²) >= 11 is 35.4. The first kappa shape index (κ1) is 15.4. The van der Waals surface area contributed by atoms with Crippen molar-refractivity contribution in [2.24, 2.45) is 0 Å². The molecule has 100 valence electrons. The molecule has 0 heterocycles. The van der Waals surface area contributed by atoms with E-state index in [0.717, 1.165) is 0 Å². The van der Waals surface area contributed by atoms with Crippen molar-refractivity contribution >= 4 is 69.6 Å². The summed E-state index contributed by atoms with van der Waals surface area (Å²) in [6, 6.07) is 6.27. The summed E-state index contributed by atoms with van der Waals surface area (Å²) in [5.41, 5.74) is 0. The van der Waals surface area contributed by atoms with Crippen LogP contribution < -0.4 is 4.74 Å². The van der Waals surface area contributed by atoms with Gasteiger partial charge in [0, 0.05) is 12.1 Å². The molecule has 0 aromatic heterocycles. The van der Waals surface area contributed by atoms with Crippen LogP contribution in [-0.2, 0) is 0 Å². The highest BCUT2D eigenvalue weighted by Crippen LogP contribution is 2.43. The molecule has 0 fully saturated rings. The van der Waals surface area contributed by atoms with Gasteiger partial charge in [-0.05, 0) is 12.1 Å². The molecule has 0 unspecified atom stereocenters. The lowest BCUT2D eigenvalue weighted by Gasteiger charge is -2.11. The summed E-state index contributed by atoms with van der Waals surface area (Å²) in [4.78, 5) is 0. The van der Waals surface area contributed by atoms with Gasteiger partial charge in [-0.15, -0.1) is 0 Å². The Morgan fingerprint density at radius 2 is 1.32 bits per heavy atom. The van der Waals surface area contributed by atoms with Crippen LogP contribution >= 0.6 is 69.6 Å². The Bertz CT molecular complexity index is 641. The maximum atomic E-state index is 6.03. The summed E-state index contributed by atoms with van der Waals surface area (Å²) in [5, 5.41) is 1.50. The van der Waals surface area contributed by atoms with Gasteiger partial charge in [0.15, 0.2) is 0 Å². The molecule has 0 aliphatic heterocycles. The largest absolute Gasteiger partial charge is 0.456 e.